The molecule has 1 aliphatic carbocycles. The van der Waals surface area contributed by atoms with Crippen molar-refractivity contribution >= 4 is 54.3 Å². The van der Waals surface area contributed by atoms with E-state index < -0.39 is 0 Å². The minimum absolute atomic E-state index is 0.0900. The van der Waals surface area contributed by atoms with Crippen LogP contribution in [0.2, 0.25) is 0 Å². The quantitative estimate of drug-likeness (QED) is 0.172. The average Bonchev–Trinajstić information content (AvgIpc) is 3.69. The van der Waals surface area contributed by atoms with E-state index in [1.54, 1.807) is 0 Å². The summed E-state index contributed by atoms with van der Waals surface area (Å²) in [5, 5.41) is 9.80. The second-order valence-electron chi connectivity index (χ2n) is 14.8. The molecule has 1 nitrogen and oxygen atoms in total. The molecule has 10 aromatic rings. The fourth-order valence-electron chi connectivity index (χ4n) is 9.31. The van der Waals surface area contributed by atoms with Crippen molar-refractivity contribution < 1.29 is 4.42 Å². The normalized spacial score (nSPS) is 13.3. The molecule has 1 heterocycles. The van der Waals surface area contributed by atoms with E-state index in [1.165, 1.54) is 82.4 Å². The molecule has 0 saturated carbocycles. The van der Waals surface area contributed by atoms with Gasteiger partial charge in [0.2, 0.25) is 0 Å². The number of fused-ring (bicyclic) bond motifs is 10. The van der Waals surface area contributed by atoms with Crippen molar-refractivity contribution in [2.45, 2.75) is 19.3 Å². The van der Waals surface area contributed by atoms with Crippen molar-refractivity contribution in [3.8, 4) is 44.5 Å². The lowest BCUT2D eigenvalue weighted by Crippen LogP contribution is -2.14. The van der Waals surface area contributed by atoms with Crippen LogP contribution in [0, 0.1) is 0 Å². The molecule has 0 N–H and O–H groups in total. The smallest absolute Gasteiger partial charge is 0.143 e. The minimum Gasteiger partial charge on any atom is -0.455 e. The molecular formula is C51H34O. The van der Waals surface area contributed by atoms with E-state index in [0.29, 0.717) is 0 Å². The van der Waals surface area contributed by atoms with Crippen molar-refractivity contribution in [3.05, 3.63) is 181 Å². The summed E-state index contributed by atoms with van der Waals surface area (Å²) in [6.45, 7) is 4.75. The average molecular weight is 663 g/mol. The van der Waals surface area contributed by atoms with Crippen LogP contribution in [0.15, 0.2) is 174 Å². The van der Waals surface area contributed by atoms with Crippen LogP contribution in [0.5, 0.6) is 0 Å². The van der Waals surface area contributed by atoms with E-state index in [9.17, 15) is 0 Å². The van der Waals surface area contributed by atoms with Gasteiger partial charge in [0, 0.05) is 27.3 Å². The molecular weight excluding hydrogens is 629 g/mol. The molecule has 244 valence electrons. The summed E-state index contributed by atoms with van der Waals surface area (Å²) in [6, 6.07) is 62.3. The highest BCUT2D eigenvalue weighted by Gasteiger charge is 2.37. The Labute approximate surface area is 302 Å². The third-order valence-electron chi connectivity index (χ3n) is 11.7. The Hall–Kier alpha value is -6.44. The number of hydrogen-bond acceptors (Lipinski definition) is 1. The standard InChI is InChI=1S/C51H34O/c1-51(2)43-26-13-23-35(49(43)48-34-17-4-3-14-31(34)28-29-44(48)51)32-15-11-16-33(30-32)46-37-19-5-7-21-39(37)47(40-22-8-6-20-38(40)46)42-25-12-24-41-36-18-9-10-27-45(36)52-50(41)42/h3-30H,1-2H3. The third kappa shape index (κ3) is 3.99. The monoisotopic (exact) mass is 662 g/mol. The van der Waals surface area contributed by atoms with Crippen molar-refractivity contribution in [2.75, 3.05) is 0 Å². The first-order valence-corrected chi connectivity index (χ1v) is 18.2. The van der Waals surface area contributed by atoms with Gasteiger partial charge in [-0.3, -0.25) is 0 Å². The van der Waals surface area contributed by atoms with Gasteiger partial charge in [0.1, 0.15) is 11.2 Å². The first kappa shape index (κ1) is 29.3. The fourth-order valence-corrected chi connectivity index (χ4v) is 9.31. The SMILES string of the molecule is CC1(C)c2cccc(-c3cccc(-c4c5ccccc5c(-c5cccc6c5oc5ccccc56)c5ccccc45)c3)c2-c2c1ccc1ccccc21. The summed E-state index contributed by atoms with van der Waals surface area (Å²) < 4.78 is 6.62. The van der Waals surface area contributed by atoms with Crippen LogP contribution in [-0.2, 0) is 5.41 Å². The van der Waals surface area contributed by atoms with E-state index in [0.717, 1.165) is 27.5 Å². The Balaban J connectivity index is 1.17. The lowest BCUT2D eigenvalue weighted by Gasteiger charge is -2.22. The fraction of sp³-hybridized carbons (Fsp3) is 0.0588. The molecule has 0 bridgehead atoms. The maximum Gasteiger partial charge on any atom is 0.143 e. The molecule has 0 atom stereocenters. The lowest BCUT2D eigenvalue weighted by atomic mass is 9.81. The van der Waals surface area contributed by atoms with Gasteiger partial charge in [-0.15, -0.1) is 0 Å². The summed E-state index contributed by atoms with van der Waals surface area (Å²) in [4.78, 5) is 0. The zero-order chi connectivity index (χ0) is 34.6. The largest absolute Gasteiger partial charge is 0.455 e. The van der Waals surface area contributed by atoms with Crippen LogP contribution in [0.4, 0.5) is 0 Å². The molecule has 0 radical (unpaired) electrons. The van der Waals surface area contributed by atoms with Gasteiger partial charge in [-0.2, -0.15) is 0 Å². The van der Waals surface area contributed by atoms with Gasteiger partial charge in [-0.05, 0) is 89.0 Å². The van der Waals surface area contributed by atoms with Crippen molar-refractivity contribution in [3.63, 3.8) is 0 Å². The maximum absolute atomic E-state index is 6.62. The van der Waals surface area contributed by atoms with Crippen LogP contribution >= 0.6 is 0 Å². The topological polar surface area (TPSA) is 13.1 Å². The van der Waals surface area contributed by atoms with E-state index in [1.807, 2.05) is 6.07 Å². The van der Waals surface area contributed by atoms with Crippen molar-refractivity contribution in [1.82, 2.24) is 0 Å². The van der Waals surface area contributed by atoms with Crippen LogP contribution in [0.25, 0.3) is 98.8 Å². The molecule has 11 rings (SSSR count). The van der Waals surface area contributed by atoms with Gasteiger partial charge in [0.05, 0.1) is 0 Å². The summed E-state index contributed by atoms with van der Waals surface area (Å²) >= 11 is 0. The van der Waals surface area contributed by atoms with Gasteiger partial charge in [-0.25, -0.2) is 0 Å². The predicted molar refractivity (Wildman–Crippen MR) is 220 cm³/mol. The molecule has 1 aliphatic rings. The van der Waals surface area contributed by atoms with Crippen LogP contribution in [0.1, 0.15) is 25.0 Å². The van der Waals surface area contributed by atoms with Gasteiger partial charge in [0.15, 0.2) is 0 Å². The minimum atomic E-state index is -0.0900. The number of benzene rings is 9. The molecule has 0 saturated heterocycles. The van der Waals surface area contributed by atoms with Gasteiger partial charge >= 0.3 is 0 Å². The number of para-hydroxylation sites is 2. The Morgan fingerprint density at radius 1 is 0.365 bits per heavy atom. The van der Waals surface area contributed by atoms with Gasteiger partial charge in [-0.1, -0.05) is 172 Å². The Morgan fingerprint density at radius 3 is 1.69 bits per heavy atom. The summed E-state index contributed by atoms with van der Waals surface area (Å²) in [7, 11) is 0. The molecule has 9 aromatic carbocycles. The Bertz CT molecular complexity index is 3040. The first-order valence-electron chi connectivity index (χ1n) is 18.2. The molecule has 1 aromatic heterocycles. The van der Waals surface area contributed by atoms with Crippen LogP contribution in [-0.4, -0.2) is 0 Å². The lowest BCUT2D eigenvalue weighted by molar-refractivity contribution is 0.661. The highest BCUT2D eigenvalue weighted by molar-refractivity contribution is 6.24. The molecule has 0 unspecified atom stereocenters. The Kier molecular flexibility index (Phi) is 6.08. The highest BCUT2D eigenvalue weighted by Crippen LogP contribution is 2.55. The highest BCUT2D eigenvalue weighted by atomic mass is 16.3. The predicted octanol–water partition coefficient (Wildman–Crippen LogP) is 14.4. The first-order chi connectivity index (χ1) is 25.6. The number of furan rings is 1. The summed E-state index contributed by atoms with van der Waals surface area (Å²) in [5.74, 6) is 0. The maximum atomic E-state index is 6.62. The molecule has 52 heavy (non-hydrogen) atoms. The second kappa shape index (κ2) is 10.8. The summed E-state index contributed by atoms with van der Waals surface area (Å²) in [6.07, 6.45) is 0. The van der Waals surface area contributed by atoms with Gasteiger partial charge in [0.25, 0.3) is 0 Å². The molecule has 0 fully saturated rings. The zero-order valence-corrected chi connectivity index (χ0v) is 29.1. The van der Waals surface area contributed by atoms with Crippen molar-refractivity contribution in [2.24, 2.45) is 0 Å². The van der Waals surface area contributed by atoms with E-state index in [4.69, 9.17) is 4.42 Å². The van der Waals surface area contributed by atoms with Crippen molar-refractivity contribution in [1.29, 1.82) is 0 Å². The number of hydrogen-bond donors (Lipinski definition) is 0. The van der Waals surface area contributed by atoms with Crippen LogP contribution in [0.3, 0.4) is 0 Å². The third-order valence-corrected chi connectivity index (χ3v) is 11.7. The van der Waals surface area contributed by atoms with Crippen LogP contribution < -0.4 is 0 Å². The zero-order valence-electron chi connectivity index (χ0n) is 29.1. The molecule has 0 spiro atoms. The number of rotatable bonds is 3. The molecule has 1 heteroatoms. The van der Waals surface area contributed by atoms with E-state index in [-0.39, 0.29) is 5.41 Å². The molecule has 0 amide bonds. The summed E-state index contributed by atoms with van der Waals surface area (Å²) in [5.41, 5.74) is 14.6. The van der Waals surface area contributed by atoms with E-state index in [2.05, 4.69) is 178 Å². The van der Waals surface area contributed by atoms with E-state index >= 15 is 0 Å². The second-order valence-corrected chi connectivity index (χ2v) is 14.8. The Morgan fingerprint density at radius 2 is 0.923 bits per heavy atom. The molecule has 0 aliphatic heterocycles. The van der Waals surface area contributed by atoms with Gasteiger partial charge < -0.3 is 4.42 Å².